The zero-order valence-electron chi connectivity index (χ0n) is 12.4. The summed E-state index contributed by atoms with van der Waals surface area (Å²) >= 11 is 0. The van der Waals surface area contributed by atoms with Crippen LogP contribution in [-0.2, 0) is 19.2 Å². The molecule has 1 fully saturated rings. The summed E-state index contributed by atoms with van der Waals surface area (Å²) in [4.78, 5) is 47.5. The molecule has 0 saturated carbocycles. The lowest BCUT2D eigenvalue weighted by molar-refractivity contribution is -0.149. The second-order valence-corrected chi connectivity index (χ2v) is 5.92. The summed E-state index contributed by atoms with van der Waals surface area (Å²) in [5, 5.41) is 13.8. The molecule has 3 amide bonds. The van der Waals surface area contributed by atoms with Crippen LogP contribution in [0.15, 0.2) is 0 Å². The van der Waals surface area contributed by atoms with Gasteiger partial charge in [-0.15, -0.1) is 0 Å². The summed E-state index contributed by atoms with van der Waals surface area (Å²) in [6.07, 6.45) is -0.454. The van der Waals surface area contributed by atoms with E-state index >= 15 is 0 Å². The van der Waals surface area contributed by atoms with E-state index in [9.17, 15) is 19.2 Å². The minimum atomic E-state index is -1.16. The van der Waals surface area contributed by atoms with Gasteiger partial charge in [-0.2, -0.15) is 0 Å². The van der Waals surface area contributed by atoms with E-state index in [1.54, 1.807) is 20.8 Å². The lowest BCUT2D eigenvalue weighted by atomic mass is 9.96. The number of carbonyl (C=O) groups is 4. The highest BCUT2D eigenvalue weighted by Crippen LogP contribution is 2.13. The normalized spacial score (nSPS) is 18.9. The van der Waals surface area contributed by atoms with Crippen LogP contribution in [0.5, 0.6) is 0 Å². The first-order valence-corrected chi connectivity index (χ1v) is 6.70. The van der Waals surface area contributed by atoms with Gasteiger partial charge in [-0.05, 0) is 0 Å². The third-order valence-corrected chi connectivity index (χ3v) is 3.10. The summed E-state index contributed by atoms with van der Waals surface area (Å²) in [5.41, 5.74) is -0.625. The van der Waals surface area contributed by atoms with Crippen molar-refractivity contribution in [3.05, 3.63) is 0 Å². The van der Waals surface area contributed by atoms with E-state index in [0.717, 1.165) is 0 Å². The van der Waals surface area contributed by atoms with Crippen molar-refractivity contribution in [2.24, 2.45) is 5.41 Å². The highest BCUT2D eigenvalue weighted by molar-refractivity contribution is 5.93. The molecule has 1 aliphatic rings. The van der Waals surface area contributed by atoms with Crippen LogP contribution in [-0.4, -0.2) is 59.4 Å². The Morgan fingerprint density at radius 3 is 2.52 bits per heavy atom. The van der Waals surface area contributed by atoms with E-state index < -0.39 is 35.7 Å². The molecule has 0 aromatic rings. The molecule has 1 saturated heterocycles. The van der Waals surface area contributed by atoms with Crippen molar-refractivity contribution >= 4 is 23.7 Å². The van der Waals surface area contributed by atoms with Crippen LogP contribution in [0.3, 0.4) is 0 Å². The predicted octanol–water partition coefficient (Wildman–Crippen LogP) is -1.05. The smallest absolute Gasteiger partial charge is 0.305 e. The fraction of sp³-hybridized carbons (Fsp3) is 0.692. The van der Waals surface area contributed by atoms with E-state index in [-0.39, 0.29) is 25.5 Å². The molecule has 0 bridgehead atoms. The Bertz CT molecular complexity index is 455. The minimum Gasteiger partial charge on any atom is -0.481 e. The number of nitrogens with zero attached hydrogens (tertiary/aromatic N) is 1. The van der Waals surface area contributed by atoms with Crippen molar-refractivity contribution in [2.75, 3.05) is 19.6 Å². The number of carbonyl (C=O) groups excluding carboxylic acids is 3. The van der Waals surface area contributed by atoms with Crippen LogP contribution >= 0.6 is 0 Å². The molecule has 1 rings (SSSR count). The average Bonchev–Trinajstić information content (AvgIpc) is 2.36. The van der Waals surface area contributed by atoms with Gasteiger partial charge in [0.1, 0.15) is 6.04 Å². The Balaban J connectivity index is 2.67. The van der Waals surface area contributed by atoms with Crippen molar-refractivity contribution in [3.63, 3.8) is 0 Å². The van der Waals surface area contributed by atoms with Crippen LogP contribution in [0, 0.1) is 5.41 Å². The van der Waals surface area contributed by atoms with Crippen LogP contribution < -0.4 is 10.6 Å². The second kappa shape index (κ2) is 6.55. The van der Waals surface area contributed by atoms with Crippen LogP contribution in [0.25, 0.3) is 0 Å². The molecule has 0 aromatic heterocycles. The van der Waals surface area contributed by atoms with Gasteiger partial charge in [0.15, 0.2) is 0 Å². The molecule has 118 valence electrons. The van der Waals surface area contributed by atoms with E-state index in [0.29, 0.717) is 0 Å². The molecular formula is C13H21N3O5. The van der Waals surface area contributed by atoms with Crippen LogP contribution in [0.1, 0.15) is 27.2 Å². The Labute approximate surface area is 122 Å². The first-order valence-electron chi connectivity index (χ1n) is 6.70. The zero-order chi connectivity index (χ0) is 16.2. The first-order chi connectivity index (χ1) is 9.62. The van der Waals surface area contributed by atoms with Gasteiger partial charge < -0.3 is 20.6 Å². The number of piperazine rings is 1. The van der Waals surface area contributed by atoms with E-state index in [1.807, 2.05) is 0 Å². The number of aliphatic carboxylic acids is 1. The zero-order valence-corrected chi connectivity index (χ0v) is 12.4. The maximum Gasteiger partial charge on any atom is 0.305 e. The molecule has 0 radical (unpaired) electrons. The Kier molecular flexibility index (Phi) is 5.28. The number of carboxylic acid groups (broad SMARTS) is 1. The molecule has 3 N–H and O–H groups in total. The molecule has 0 spiro atoms. The molecule has 0 aliphatic carbocycles. The summed E-state index contributed by atoms with van der Waals surface area (Å²) in [6.45, 7) is 5.40. The van der Waals surface area contributed by atoms with Crippen LogP contribution in [0.4, 0.5) is 0 Å². The standard InChI is InChI=1S/C13H21N3O5/c1-13(2,3)12(21)15-7-9(17)16-5-4-14-11(20)8(16)6-10(18)19/h8H,4-7H2,1-3H3,(H,14,20)(H,15,21)(H,18,19). The van der Waals surface area contributed by atoms with Crippen molar-refractivity contribution in [2.45, 2.75) is 33.2 Å². The third-order valence-electron chi connectivity index (χ3n) is 3.10. The third kappa shape index (κ3) is 4.73. The van der Waals surface area contributed by atoms with Gasteiger partial charge in [0.05, 0.1) is 13.0 Å². The molecule has 1 heterocycles. The van der Waals surface area contributed by atoms with Crippen molar-refractivity contribution < 1.29 is 24.3 Å². The lowest BCUT2D eigenvalue weighted by Gasteiger charge is -2.34. The molecule has 8 heteroatoms. The average molecular weight is 299 g/mol. The Hall–Kier alpha value is -2.12. The van der Waals surface area contributed by atoms with Crippen molar-refractivity contribution in [1.82, 2.24) is 15.5 Å². The van der Waals surface area contributed by atoms with Gasteiger partial charge in [0.2, 0.25) is 17.7 Å². The fourth-order valence-electron chi connectivity index (χ4n) is 1.90. The van der Waals surface area contributed by atoms with E-state index in [2.05, 4.69) is 10.6 Å². The number of rotatable bonds is 4. The monoisotopic (exact) mass is 299 g/mol. The Morgan fingerprint density at radius 1 is 1.38 bits per heavy atom. The van der Waals surface area contributed by atoms with Crippen molar-refractivity contribution in [3.8, 4) is 0 Å². The summed E-state index contributed by atoms with van der Waals surface area (Å²) in [7, 11) is 0. The van der Waals surface area contributed by atoms with Gasteiger partial charge in [-0.1, -0.05) is 20.8 Å². The largest absolute Gasteiger partial charge is 0.481 e. The summed E-state index contributed by atoms with van der Waals surface area (Å²) in [6, 6.07) is -1.03. The molecule has 8 nitrogen and oxygen atoms in total. The summed E-state index contributed by atoms with van der Waals surface area (Å²) < 4.78 is 0. The number of hydrogen-bond acceptors (Lipinski definition) is 4. The van der Waals surface area contributed by atoms with E-state index in [4.69, 9.17) is 5.11 Å². The quantitative estimate of drug-likeness (QED) is 0.612. The van der Waals surface area contributed by atoms with Crippen molar-refractivity contribution in [1.29, 1.82) is 0 Å². The highest BCUT2D eigenvalue weighted by atomic mass is 16.4. The first kappa shape index (κ1) is 16.9. The topological polar surface area (TPSA) is 116 Å². The van der Waals surface area contributed by atoms with Gasteiger partial charge in [0.25, 0.3) is 0 Å². The molecule has 1 unspecified atom stereocenters. The molecule has 0 aromatic carbocycles. The maximum atomic E-state index is 12.1. The van der Waals surface area contributed by atoms with Gasteiger partial charge in [0, 0.05) is 18.5 Å². The second-order valence-electron chi connectivity index (χ2n) is 5.92. The van der Waals surface area contributed by atoms with E-state index in [1.165, 1.54) is 4.90 Å². The highest BCUT2D eigenvalue weighted by Gasteiger charge is 2.34. The SMILES string of the molecule is CC(C)(C)C(=O)NCC(=O)N1CCNC(=O)C1CC(=O)O. The van der Waals surface area contributed by atoms with Gasteiger partial charge in [-0.25, -0.2) is 0 Å². The number of nitrogens with one attached hydrogen (secondary N) is 2. The number of hydrogen-bond donors (Lipinski definition) is 3. The molecule has 1 aliphatic heterocycles. The molecule has 1 atom stereocenters. The number of amides is 3. The maximum absolute atomic E-state index is 12.1. The lowest BCUT2D eigenvalue weighted by Crippen LogP contribution is -2.59. The molecule has 21 heavy (non-hydrogen) atoms. The van der Waals surface area contributed by atoms with Gasteiger partial charge in [-0.3, -0.25) is 19.2 Å². The summed E-state index contributed by atoms with van der Waals surface area (Å²) in [5.74, 6) is -2.39. The van der Waals surface area contributed by atoms with Crippen LogP contribution in [0.2, 0.25) is 0 Å². The predicted molar refractivity (Wildman–Crippen MR) is 73.2 cm³/mol. The fourth-order valence-corrected chi connectivity index (χ4v) is 1.90. The molecular weight excluding hydrogens is 278 g/mol. The minimum absolute atomic E-state index is 0.230. The Morgan fingerprint density at radius 2 is 2.00 bits per heavy atom. The van der Waals surface area contributed by atoms with Gasteiger partial charge >= 0.3 is 5.97 Å². The number of carboxylic acids is 1.